The first-order valence-corrected chi connectivity index (χ1v) is 9.48. The number of aromatic nitrogens is 2. The summed E-state index contributed by atoms with van der Waals surface area (Å²) in [5, 5.41) is 11.0. The van der Waals surface area contributed by atoms with Crippen molar-refractivity contribution in [2.75, 3.05) is 13.2 Å². The average molecular weight is 446 g/mol. The Morgan fingerprint density at radius 3 is 2.63 bits per heavy atom. The molecule has 0 saturated heterocycles. The molecule has 11 heteroatoms. The topological polar surface area (TPSA) is 86.5 Å². The summed E-state index contributed by atoms with van der Waals surface area (Å²) in [6.07, 6.45) is -4.85. The number of carbonyl (C=O) groups is 1. The first-order valence-electron chi connectivity index (χ1n) is 9.11. The lowest BCUT2D eigenvalue weighted by atomic mass is 9.82. The van der Waals surface area contributed by atoms with Crippen LogP contribution in [0, 0.1) is 0 Å². The smallest absolute Gasteiger partial charge is 0.484 e. The molecule has 1 aliphatic carbocycles. The van der Waals surface area contributed by atoms with E-state index >= 15 is 0 Å². The summed E-state index contributed by atoms with van der Waals surface area (Å²) >= 11 is 5.78. The number of hydrogen-bond acceptors (Lipinski definition) is 6. The molecule has 162 valence electrons. The number of benzene rings is 1. The number of halogens is 4. The maximum Gasteiger partial charge on any atom is 0.522 e. The van der Waals surface area contributed by atoms with Crippen molar-refractivity contribution in [3.05, 3.63) is 47.6 Å². The third kappa shape index (κ3) is 6.46. The Morgan fingerprint density at radius 1 is 1.27 bits per heavy atom. The molecular formula is C19H19ClF3N3O4. The van der Waals surface area contributed by atoms with Gasteiger partial charge in [0.15, 0.2) is 6.61 Å². The van der Waals surface area contributed by atoms with Gasteiger partial charge in [0.1, 0.15) is 5.75 Å². The summed E-state index contributed by atoms with van der Waals surface area (Å²) in [5.41, 5.74) is 0.509. The van der Waals surface area contributed by atoms with Crippen LogP contribution < -0.4 is 10.1 Å². The predicted octanol–water partition coefficient (Wildman–Crippen LogP) is 4.10. The maximum atomic E-state index is 12.2. The van der Waals surface area contributed by atoms with E-state index in [0.29, 0.717) is 22.8 Å². The lowest BCUT2D eigenvalue weighted by Gasteiger charge is -2.32. The number of amides is 1. The first-order chi connectivity index (χ1) is 14.2. The number of alkyl halides is 3. The minimum Gasteiger partial charge on any atom is -0.484 e. The fraction of sp³-hybridized carbons (Fsp3) is 0.421. The van der Waals surface area contributed by atoms with Crippen LogP contribution in [0.25, 0.3) is 5.57 Å². The SMILES string of the molecule is C=C(CCNC(=O)COc1ccc(Cl)cc1)c1nnc(C2CC(OC(F)(F)F)C2)o1. The highest BCUT2D eigenvalue weighted by atomic mass is 35.5. The minimum absolute atomic E-state index is 0.151. The van der Waals surface area contributed by atoms with Crippen molar-refractivity contribution >= 4 is 23.1 Å². The van der Waals surface area contributed by atoms with Crippen LogP contribution in [-0.2, 0) is 9.53 Å². The average Bonchev–Trinajstić information content (AvgIpc) is 3.13. The quantitative estimate of drug-likeness (QED) is 0.625. The molecule has 1 aliphatic rings. The first kappa shape index (κ1) is 22.1. The Hall–Kier alpha value is -2.59. The fourth-order valence-electron chi connectivity index (χ4n) is 2.79. The number of carbonyl (C=O) groups excluding carboxylic acids is 1. The van der Waals surface area contributed by atoms with Crippen molar-refractivity contribution in [1.82, 2.24) is 15.5 Å². The van der Waals surface area contributed by atoms with Crippen molar-refractivity contribution < 1.29 is 31.9 Å². The van der Waals surface area contributed by atoms with Gasteiger partial charge in [0.05, 0.1) is 6.10 Å². The molecule has 0 bridgehead atoms. The molecule has 1 saturated carbocycles. The zero-order chi connectivity index (χ0) is 21.7. The second-order valence-electron chi connectivity index (χ2n) is 6.75. The number of nitrogens with one attached hydrogen (secondary N) is 1. The molecule has 1 heterocycles. The molecule has 3 rings (SSSR count). The van der Waals surface area contributed by atoms with Gasteiger partial charge in [0, 0.05) is 23.1 Å². The van der Waals surface area contributed by atoms with Crippen LogP contribution in [0.2, 0.25) is 5.02 Å². The van der Waals surface area contributed by atoms with E-state index in [1.807, 2.05) is 0 Å². The molecule has 30 heavy (non-hydrogen) atoms. The van der Waals surface area contributed by atoms with Crippen molar-refractivity contribution in [3.63, 3.8) is 0 Å². The fourth-order valence-corrected chi connectivity index (χ4v) is 2.91. The van der Waals surface area contributed by atoms with Gasteiger partial charge >= 0.3 is 6.36 Å². The molecule has 1 amide bonds. The van der Waals surface area contributed by atoms with Gasteiger partial charge in [-0.05, 0) is 43.5 Å². The Morgan fingerprint density at radius 2 is 1.97 bits per heavy atom. The van der Waals surface area contributed by atoms with Gasteiger partial charge in [0.2, 0.25) is 11.8 Å². The maximum absolute atomic E-state index is 12.2. The third-order valence-corrected chi connectivity index (χ3v) is 4.67. The van der Waals surface area contributed by atoms with Gasteiger partial charge < -0.3 is 14.5 Å². The third-order valence-electron chi connectivity index (χ3n) is 4.42. The van der Waals surface area contributed by atoms with E-state index in [1.54, 1.807) is 24.3 Å². The second kappa shape index (κ2) is 9.48. The number of nitrogens with zero attached hydrogens (tertiary/aromatic N) is 2. The van der Waals surface area contributed by atoms with Crippen LogP contribution in [0.4, 0.5) is 13.2 Å². The molecule has 0 spiro atoms. The van der Waals surface area contributed by atoms with E-state index in [0.717, 1.165) is 0 Å². The second-order valence-corrected chi connectivity index (χ2v) is 7.18. The van der Waals surface area contributed by atoms with E-state index < -0.39 is 12.5 Å². The highest BCUT2D eigenvalue weighted by Gasteiger charge is 2.42. The number of rotatable bonds is 9. The minimum atomic E-state index is -4.64. The Bertz CT molecular complexity index is 880. The highest BCUT2D eigenvalue weighted by molar-refractivity contribution is 6.30. The lowest BCUT2D eigenvalue weighted by Crippen LogP contribution is -2.34. The van der Waals surface area contributed by atoms with Crippen molar-refractivity contribution in [2.45, 2.75) is 37.6 Å². The van der Waals surface area contributed by atoms with Crippen molar-refractivity contribution in [1.29, 1.82) is 0 Å². The number of ether oxygens (including phenoxy) is 2. The highest BCUT2D eigenvalue weighted by Crippen LogP contribution is 2.41. The molecule has 1 fully saturated rings. The molecule has 2 aromatic rings. The van der Waals surface area contributed by atoms with Gasteiger partial charge in [-0.3, -0.25) is 9.53 Å². The molecule has 0 unspecified atom stereocenters. The molecule has 1 aromatic carbocycles. The molecule has 1 N–H and O–H groups in total. The zero-order valence-electron chi connectivity index (χ0n) is 15.7. The summed E-state index contributed by atoms with van der Waals surface area (Å²) in [6.45, 7) is 3.97. The van der Waals surface area contributed by atoms with E-state index in [-0.39, 0.29) is 49.6 Å². The van der Waals surface area contributed by atoms with Gasteiger partial charge in [-0.2, -0.15) is 0 Å². The summed E-state index contributed by atoms with van der Waals surface area (Å²) in [5.74, 6) is 0.395. The lowest BCUT2D eigenvalue weighted by molar-refractivity contribution is -0.352. The summed E-state index contributed by atoms with van der Waals surface area (Å²) < 4.78 is 51.3. The van der Waals surface area contributed by atoms with E-state index in [2.05, 4.69) is 26.8 Å². The molecule has 1 aromatic heterocycles. The molecule has 0 atom stereocenters. The van der Waals surface area contributed by atoms with Gasteiger partial charge in [-0.1, -0.05) is 18.2 Å². The van der Waals surface area contributed by atoms with Crippen LogP contribution in [0.15, 0.2) is 35.3 Å². The van der Waals surface area contributed by atoms with Gasteiger partial charge in [-0.15, -0.1) is 23.4 Å². The van der Waals surface area contributed by atoms with Crippen LogP contribution in [0.1, 0.15) is 37.0 Å². The van der Waals surface area contributed by atoms with E-state index in [1.165, 1.54) is 0 Å². The molecular weight excluding hydrogens is 427 g/mol. The largest absolute Gasteiger partial charge is 0.522 e. The van der Waals surface area contributed by atoms with Gasteiger partial charge in [-0.25, -0.2) is 0 Å². The summed E-state index contributed by atoms with van der Waals surface area (Å²) in [7, 11) is 0. The monoisotopic (exact) mass is 445 g/mol. The van der Waals surface area contributed by atoms with Crippen LogP contribution in [-0.4, -0.2) is 41.7 Å². The molecule has 0 radical (unpaired) electrons. The Labute approximate surface area is 175 Å². The van der Waals surface area contributed by atoms with Gasteiger partial charge in [0.25, 0.3) is 5.91 Å². The van der Waals surface area contributed by atoms with Crippen molar-refractivity contribution in [2.24, 2.45) is 0 Å². The summed E-state index contributed by atoms with van der Waals surface area (Å²) in [6, 6.07) is 6.63. The zero-order valence-corrected chi connectivity index (χ0v) is 16.5. The Kier molecular flexibility index (Phi) is 6.99. The molecule has 0 aliphatic heterocycles. The predicted molar refractivity (Wildman–Crippen MR) is 101 cm³/mol. The van der Waals surface area contributed by atoms with Crippen LogP contribution >= 0.6 is 11.6 Å². The molecule has 7 nitrogen and oxygen atoms in total. The Balaban J connectivity index is 1.35. The standard InChI is InChI=1S/C19H19ClF3N3O4/c1-11(6-7-24-16(27)10-28-14-4-2-13(20)3-5-14)17-25-26-18(29-17)12-8-15(9-12)30-19(21,22)23/h2-5,12,15H,1,6-10H2,(H,24,27). The normalized spacial score (nSPS) is 18.5. The van der Waals surface area contributed by atoms with Crippen molar-refractivity contribution in [3.8, 4) is 5.75 Å². The summed E-state index contributed by atoms with van der Waals surface area (Å²) in [4.78, 5) is 11.8. The van der Waals surface area contributed by atoms with Crippen LogP contribution in [0.5, 0.6) is 5.75 Å². The van der Waals surface area contributed by atoms with E-state index in [4.69, 9.17) is 20.8 Å². The van der Waals surface area contributed by atoms with Crippen LogP contribution in [0.3, 0.4) is 0 Å². The van der Waals surface area contributed by atoms with E-state index in [9.17, 15) is 18.0 Å². The number of hydrogen-bond donors (Lipinski definition) is 1.